The van der Waals surface area contributed by atoms with Gasteiger partial charge in [0.1, 0.15) is 16.7 Å². The second-order valence-electron chi connectivity index (χ2n) is 2.24. The lowest BCUT2D eigenvalue weighted by Crippen LogP contribution is -1.93. The first kappa shape index (κ1) is 6.67. The monoisotopic (exact) mass is 211 g/mol. The molecule has 0 amide bonds. The van der Waals surface area contributed by atoms with Crippen LogP contribution >= 0.6 is 15.9 Å². The Bertz CT molecular complexity index is 393. The summed E-state index contributed by atoms with van der Waals surface area (Å²) < 4.78 is 2.65. The Balaban J connectivity index is 2.94. The summed E-state index contributed by atoms with van der Waals surface area (Å²) in [6.07, 6.45) is 1.69. The number of nitrogens with two attached hydrogens (primary N) is 1. The molecule has 0 aliphatic heterocycles. The maximum atomic E-state index is 5.67. The summed E-state index contributed by atoms with van der Waals surface area (Å²) in [6.45, 7) is 0. The summed E-state index contributed by atoms with van der Waals surface area (Å²) in [5, 5.41) is 0. The second-order valence-corrected chi connectivity index (χ2v) is 2.99. The average molecular weight is 212 g/mol. The molecule has 0 radical (unpaired) electrons. The van der Waals surface area contributed by atoms with E-state index in [2.05, 4.69) is 20.9 Å². The van der Waals surface area contributed by atoms with E-state index in [1.165, 1.54) is 0 Å². The number of aromatic nitrogens is 2. The highest BCUT2D eigenvalue weighted by molar-refractivity contribution is 9.10. The molecule has 0 unspecified atom stereocenters. The first-order valence-corrected chi connectivity index (χ1v) is 3.95. The Labute approximate surface area is 72.0 Å². The van der Waals surface area contributed by atoms with Crippen LogP contribution in [0.4, 0.5) is 5.82 Å². The van der Waals surface area contributed by atoms with Crippen molar-refractivity contribution < 1.29 is 0 Å². The van der Waals surface area contributed by atoms with Gasteiger partial charge in [0.2, 0.25) is 0 Å². The van der Waals surface area contributed by atoms with Gasteiger partial charge in [-0.1, -0.05) is 6.07 Å². The summed E-state index contributed by atoms with van der Waals surface area (Å²) in [5.74, 6) is 0.695. The second kappa shape index (κ2) is 2.23. The SMILES string of the molecule is Nc1cccc2c(Br)ncn12. The zero-order valence-electron chi connectivity index (χ0n) is 5.66. The van der Waals surface area contributed by atoms with Crippen LogP contribution in [0.3, 0.4) is 0 Å². The molecule has 0 aliphatic rings. The smallest absolute Gasteiger partial charge is 0.131 e. The first-order chi connectivity index (χ1) is 5.29. The largest absolute Gasteiger partial charge is 0.385 e. The molecule has 2 heterocycles. The van der Waals surface area contributed by atoms with Crippen molar-refractivity contribution in [2.75, 3.05) is 5.73 Å². The lowest BCUT2D eigenvalue weighted by atomic mass is 10.4. The van der Waals surface area contributed by atoms with Crippen LogP contribution in [-0.2, 0) is 0 Å². The van der Waals surface area contributed by atoms with Gasteiger partial charge >= 0.3 is 0 Å². The van der Waals surface area contributed by atoms with Crippen LogP contribution in [0.2, 0.25) is 0 Å². The van der Waals surface area contributed by atoms with Crippen LogP contribution in [-0.4, -0.2) is 9.38 Å². The minimum Gasteiger partial charge on any atom is -0.385 e. The van der Waals surface area contributed by atoms with Crippen LogP contribution in [0, 0.1) is 0 Å². The zero-order chi connectivity index (χ0) is 7.84. The van der Waals surface area contributed by atoms with Crippen LogP contribution in [0.5, 0.6) is 0 Å². The molecule has 0 atom stereocenters. The van der Waals surface area contributed by atoms with E-state index in [0.29, 0.717) is 5.82 Å². The van der Waals surface area contributed by atoms with Crippen molar-refractivity contribution in [1.29, 1.82) is 0 Å². The summed E-state index contributed by atoms with van der Waals surface area (Å²) in [6, 6.07) is 5.69. The van der Waals surface area contributed by atoms with Crippen molar-refractivity contribution in [3.05, 3.63) is 29.1 Å². The third-order valence-corrected chi connectivity index (χ3v) is 2.17. The maximum absolute atomic E-state index is 5.67. The van der Waals surface area contributed by atoms with E-state index in [-0.39, 0.29) is 0 Å². The number of anilines is 1. The van der Waals surface area contributed by atoms with Gasteiger partial charge < -0.3 is 5.73 Å². The Morgan fingerprint density at radius 3 is 3.00 bits per heavy atom. The molecule has 2 N–H and O–H groups in total. The lowest BCUT2D eigenvalue weighted by molar-refractivity contribution is 1.16. The van der Waals surface area contributed by atoms with Gasteiger partial charge in [0, 0.05) is 0 Å². The number of hydrogen-bond acceptors (Lipinski definition) is 2. The number of rotatable bonds is 0. The van der Waals surface area contributed by atoms with E-state index in [4.69, 9.17) is 5.73 Å². The van der Waals surface area contributed by atoms with Crippen LogP contribution in [0.25, 0.3) is 5.52 Å². The van der Waals surface area contributed by atoms with E-state index < -0.39 is 0 Å². The van der Waals surface area contributed by atoms with Crippen molar-refractivity contribution in [3.8, 4) is 0 Å². The molecule has 0 fully saturated rings. The highest BCUT2D eigenvalue weighted by Crippen LogP contribution is 2.17. The number of nitrogens with zero attached hydrogens (tertiary/aromatic N) is 2. The van der Waals surface area contributed by atoms with Gasteiger partial charge in [-0.05, 0) is 28.1 Å². The van der Waals surface area contributed by atoms with Gasteiger partial charge in [0.05, 0.1) is 5.52 Å². The van der Waals surface area contributed by atoms with E-state index in [1.54, 1.807) is 6.33 Å². The van der Waals surface area contributed by atoms with Crippen LogP contribution in [0.1, 0.15) is 0 Å². The number of nitrogen functional groups attached to an aromatic ring is 1. The average Bonchev–Trinajstić information content (AvgIpc) is 2.35. The molecular weight excluding hydrogens is 206 g/mol. The van der Waals surface area contributed by atoms with Crippen molar-refractivity contribution in [2.24, 2.45) is 0 Å². The first-order valence-electron chi connectivity index (χ1n) is 3.16. The normalized spacial score (nSPS) is 10.6. The van der Waals surface area contributed by atoms with E-state index in [0.717, 1.165) is 10.1 Å². The molecule has 0 aromatic carbocycles. The predicted molar refractivity (Wildman–Crippen MR) is 47.3 cm³/mol. The van der Waals surface area contributed by atoms with Crippen LogP contribution in [0.15, 0.2) is 29.1 Å². The van der Waals surface area contributed by atoms with E-state index in [1.807, 2.05) is 22.6 Å². The standard InChI is InChI=1S/C7H6BrN3/c8-7-5-2-1-3-6(9)11(5)4-10-7/h1-4H,9H2. The topological polar surface area (TPSA) is 43.3 Å². The summed E-state index contributed by atoms with van der Waals surface area (Å²) in [5.41, 5.74) is 6.66. The summed E-state index contributed by atoms with van der Waals surface area (Å²) in [4.78, 5) is 4.06. The maximum Gasteiger partial charge on any atom is 0.131 e. The molecule has 0 spiro atoms. The number of pyridine rings is 1. The van der Waals surface area contributed by atoms with Gasteiger partial charge in [-0.25, -0.2) is 4.98 Å². The lowest BCUT2D eigenvalue weighted by Gasteiger charge is -1.96. The molecule has 56 valence electrons. The Morgan fingerprint density at radius 2 is 2.27 bits per heavy atom. The molecule has 2 aromatic heterocycles. The highest BCUT2D eigenvalue weighted by atomic mass is 79.9. The van der Waals surface area contributed by atoms with Gasteiger partial charge in [-0.15, -0.1) is 0 Å². The molecule has 2 rings (SSSR count). The molecule has 3 nitrogen and oxygen atoms in total. The highest BCUT2D eigenvalue weighted by Gasteiger charge is 2.00. The molecule has 0 saturated carbocycles. The summed E-state index contributed by atoms with van der Waals surface area (Å²) >= 11 is 3.31. The molecule has 0 aliphatic carbocycles. The van der Waals surface area contributed by atoms with Gasteiger partial charge in [-0.2, -0.15) is 0 Å². The number of hydrogen-bond donors (Lipinski definition) is 1. The van der Waals surface area contributed by atoms with Crippen molar-refractivity contribution >= 4 is 27.3 Å². The van der Waals surface area contributed by atoms with E-state index in [9.17, 15) is 0 Å². The quantitative estimate of drug-likeness (QED) is 0.721. The Hall–Kier alpha value is -1.03. The van der Waals surface area contributed by atoms with Crippen LogP contribution < -0.4 is 5.73 Å². The fraction of sp³-hybridized carbons (Fsp3) is 0. The minimum atomic E-state index is 0.695. The third-order valence-electron chi connectivity index (χ3n) is 1.56. The van der Waals surface area contributed by atoms with E-state index >= 15 is 0 Å². The number of imidazole rings is 1. The van der Waals surface area contributed by atoms with Crippen molar-refractivity contribution in [2.45, 2.75) is 0 Å². The Morgan fingerprint density at radius 1 is 1.45 bits per heavy atom. The van der Waals surface area contributed by atoms with Crippen molar-refractivity contribution in [1.82, 2.24) is 9.38 Å². The fourth-order valence-electron chi connectivity index (χ4n) is 1.01. The molecule has 0 bridgehead atoms. The molecular formula is C7H6BrN3. The molecule has 11 heavy (non-hydrogen) atoms. The van der Waals surface area contributed by atoms with Crippen molar-refractivity contribution in [3.63, 3.8) is 0 Å². The van der Waals surface area contributed by atoms with Gasteiger partial charge in [-0.3, -0.25) is 4.40 Å². The number of halogens is 1. The molecule has 4 heteroatoms. The molecule has 0 saturated heterocycles. The Kier molecular flexibility index (Phi) is 1.35. The third kappa shape index (κ3) is 0.903. The van der Waals surface area contributed by atoms with Gasteiger partial charge in [0.15, 0.2) is 0 Å². The summed E-state index contributed by atoms with van der Waals surface area (Å²) in [7, 11) is 0. The number of fused-ring (bicyclic) bond motifs is 1. The fourth-order valence-corrected chi connectivity index (χ4v) is 1.42. The molecule has 2 aromatic rings. The zero-order valence-corrected chi connectivity index (χ0v) is 7.25. The predicted octanol–water partition coefficient (Wildman–Crippen LogP) is 1.68. The minimum absolute atomic E-state index is 0.695. The van der Waals surface area contributed by atoms with Gasteiger partial charge in [0.25, 0.3) is 0 Å².